The number of nitrogens with one attached hydrogen (secondary N) is 2. The van der Waals surface area contributed by atoms with E-state index in [0.717, 1.165) is 13.0 Å². The summed E-state index contributed by atoms with van der Waals surface area (Å²) in [6.45, 7) is 3.66. The summed E-state index contributed by atoms with van der Waals surface area (Å²) >= 11 is 0. The van der Waals surface area contributed by atoms with Crippen LogP contribution in [-0.4, -0.2) is 48.2 Å². The second kappa shape index (κ2) is 10.4. The van der Waals surface area contributed by atoms with Crippen LogP contribution in [0.15, 0.2) is 23.1 Å². The Bertz CT molecular complexity index is 607. The number of carbonyl (C=O) groups excluding carboxylic acids is 1. The van der Waals surface area contributed by atoms with Crippen molar-refractivity contribution in [2.24, 2.45) is 0 Å². The lowest BCUT2D eigenvalue weighted by molar-refractivity contribution is 0.0597. The standard InChI is InChI=1S/C14H22N2O5S.ClH/c1-4-7-15-8-9-16-22(18,19)11-5-6-13(20-2)12(10-11)14(17)21-3;/h5-6,10,15-16H,4,7-9H2,1-3H3;1H. The quantitative estimate of drug-likeness (QED) is 0.503. The fraction of sp³-hybridized carbons (Fsp3) is 0.500. The predicted octanol–water partition coefficient (Wildman–Crippen LogP) is 1.18. The molecule has 0 bridgehead atoms. The molecule has 0 aliphatic carbocycles. The highest BCUT2D eigenvalue weighted by molar-refractivity contribution is 7.89. The van der Waals surface area contributed by atoms with Crippen molar-refractivity contribution in [2.75, 3.05) is 33.9 Å². The van der Waals surface area contributed by atoms with Gasteiger partial charge in [0.15, 0.2) is 0 Å². The molecule has 9 heteroatoms. The Balaban J connectivity index is 0.00000484. The van der Waals surface area contributed by atoms with Crippen molar-refractivity contribution in [1.82, 2.24) is 10.0 Å². The second-order valence-corrected chi connectivity index (χ2v) is 6.27. The van der Waals surface area contributed by atoms with Crippen LogP contribution < -0.4 is 14.8 Å². The van der Waals surface area contributed by atoms with Gasteiger partial charge in [0.1, 0.15) is 11.3 Å². The minimum atomic E-state index is -3.69. The van der Waals surface area contributed by atoms with Gasteiger partial charge in [0.2, 0.25) is 10.0 Å². The van der Waals surface area contributed by atoms with Gasteiger partial charge in [-0.05, 0) is 31.2 Å². The fourth-order valence-electron chi connectivity index (χ4n) is 1.78. The van der Waals surface area contributed by atoms with Crippen LogP contribution in [-0.2, 0) is 14.8 Å². The van der Waals surface area contributed by atoms with Crippen LogP contribution in [0.1, 0.15) is 23.7 Å². The molecule has 2 N–H and O–H groups in total. The number of sulfonamides is 1. The van der Waals surface area contributed by atoms with Gasteiger partial charge in [0, 0.05) is 13.1 Å². The molecule has 0 saturated heterocycles. The van der Waals surface area contributed by atoms with Gasteiger partial charge in [0.05, 0.1) is 19.1 Å². The maximum atomic E-state index is 12.2. The van der Waals surface area contributed by atoms with Crippen molar-refractivity contribution < 1.29 is 22.7 Å². The summed E-state index contributed by atoms with van der Waals surface area (Å²) < 4.78 is 36.5. The molecule has 0 unspecified atom stereocenters. The number of rotatable bonds is 9. The molecule has 0 atom stereocenters. The van der Waals surface area contributed by atoms with E-state index < -0.39 is 16.0 Å². The summed E-state index contributed by atoms with van der Waals surface area (Å²) in [7, 11) is -1.07. The van der Waals surface area contributed by atoms with E-state index in [0.29, 0.717) is 6.54 Å². The predicted molar refractivity (Wildman–Crippen MR) is 89.9 cm³/mol. The van der Waals surface area contributed by atoms with Crippen molar-refractivity contribution in [2.45, 2.75) is 18.2 Å². The Morgan fingerprint density at radius 2 is 1.87 bits per heavy atom. The molecule has 1 aromatic carbocycles. The monoisotopic (exact) mass is 366 g/mol. The minimum absolute atomic E-state index is 0. The Morgan fingerprint density at radius 1 is 1.17 bits per heavy atom. The molecule has 132 valence electrons. The lowest BCUT2D eigenvalue weighted by Gasteiger charge is -2.11. The number of benzene rings is 1. The maximum Gasteiger partial charge on any atom is 0.341 e. The Hall–Kier alpha value is -1.35. The summed E-state index contributed by atoms with van der Waals surface area (Å²) in [6.07, 6.45) is 0.980. The lowest BCUT2D eigenvalue weighted by Crippen LogP contribution is -2.32. The Labute approximate surface area is 143 Å². The molecule has 0 heterocycles. The summed E-state index contributed by atoms with van der Waals surface area (Å²) in [6, 6.07) is 4.05. The van der Waals surface area contributed by atoms with Gasteiger partial charge in [-0.2, -0.15) is 0 Å². The van der Waals surface area contributed by atoms with Crippen molar-refractivity contribution in [1.29, 1.82) is 0 Å². The van der Waals surface area contributed by atoms with Crippen LogP contribution in [0.2, 0.25) is 0 Å². The van der Waals surface area contributed by atoms with Gasteiger partial charge in [-0.3, -0.25) is 0 Å². The van der Waals surface area contributed by atoms with Crippen LogP contribution in [0.3, 0.4) is 0 Å². The van der Waals surface area contributed by atoms with Crippen molar-refractivity contribution in [3.63, 3.8) is 0 Å². The first-order valence-electron chi connectivity index (χ1n) is 6.93. The summed E-state index contributed by atoms with van der Waals surface area (Å²) in [5, 5.41) is 3.10. The van der Waals surface area contributed by atoms with E-state index in [1.165, 1.54) is 32.4 Å². The number of esters is 1. The van der Waals surface area contributed by atoms with Gasteiger partial charge in [-0.15, -0.1) is 12.4 Å². The molecule has 1 aromatic rings. The van der Waals surface area contributed by atoms with Crippen LogP contribution >= 0.6 is 12.4 Å². The van der Waals surface area contributed by atoms with Crippen molar-refractivity contribution >= 4 is 28.4 Å². The Kier molecular flexibility index (Phi) is 9.82. The highest BCUT2D eigenvalue weighted by Crippen LogP contribution is 2.23. The molecule has 23 heavy (non-hydrogen) atoms. The van der Waals surface area contributed by atoms with Crippen LogP contribution in [0.25, 0.3) is 0 Å². The highest BCUT2D eigenvalue weighted by Gasteiger charge is 2.19. The first-order chi connectivity index (χ1) is 10.5. The number of hydrogen-bond donors (Lipinski definition) is 2. The van der Waals surface area contributed by atoms with Crippen molar-refractivity contribution in [3.05, 3.63) is 23.8 Å². The van der Waals surface area contributed by atoms with E-state index in [9.17, 15) is 13.2 Å². The molecule has 1 rings (SSSR count). The van der Waals surface area contributed by atoms with E-state index in [-0.39, 0.29) is 35.2 Å². The molecule has 0 fully saturated rings. The molecule has 0 saturated carbocycles. The highest BCUT2D eigenvalue weighted by atomic mass is 35.5. The third-order valence-corrected chi connectivity index (χ3v) is 4.37. The average Bonchev–Trinajstić information content (AvgIpc) is 2.53. The molecule has 0 aromatic heterocycles. The first kappa shape index (κ1) is 21.6. The van der Waals surface area contributed by atoms with Gasteiger partial charge >= 0.3 is 5.97 Å². The third kappa shape index (κ3) is 6.34. The number of hydrogen-bond acceptors (Lipinski definition) is 6. The van der Waals surface area contributed by atoms with Gasteiger partial charge in [0.25, 0.3) is 0 Å². The molecular weight excluding hydrogens is 344 g/mol. The Morgan fingerprint density at radius 3 is 2.43 bits per heavy atom. The SMILES string of the molecule is CCCNCCNS(=O)(=O)c1ccc(OC)c(C(=O)OC)c1.Cl. The van der Waals surface area contributed by atoms with E-state index in [1.54, 1.807) is 0 Å². The molecule has 0 aliphatic rings. The van der Waals surface area contributed by atoms with Crippen LogP contribution in [0.5, 0.6) is 5.75 Å². The van der Waals surface area contributed by atoms with Crippen molar-refractivity contribution in [3.8, 4) is 5.75 Å². The van der Waals surface area contributed by atoms with E-state index >= 15 is 0 Å². The molecule has 0 spiro atoms. The summed E-state index contributed by atoms with van der Waals surface area (Å²) in [5.41, 5.74) is 0.0667. The number of halogens is 1. The van der Waals surface area contributed by atoms with Crippen LogP contribution in [0, 0.1) is 0 Å². The van der Waals surface area contributed by atoms with E-state index in [4.69, 9.17) is 4.74 Å². The number of ether oxygens (including phenoxy) is 2. The minimum Gasteiger partial charge on any atom is -0.496 e. The second-order valence-electron chi connectivity index (χ2n) is 4.50. The molecule has 0 aliphatic heterocycles. The molecule has 0 radical (unpaired) electrons. The van der Waals surface area contributed by atoms with E-state index in [1.807, 2.05) is 6.92 Å². The lowest BCUT2D eigenvalue weighted by atomic mass is 10.2. The van der Waals surface area contributed by atoms with Gasteiger partial charge < -0.3 is 14.8 Å². The zero-order chi connectivity index (χ0) is 16.6. The van der Waals surface area contributed by atoms with Crippen LogP contribution in [0.4, 0.5) is 0 Å². The normalized spacial score (nSPS) is 10.7. The fourth-order valence-corrected chi connectivity index (χ4v) is 2.84. The third-order valence-electron chi connectivity index (χ3n) is 2.91. The largest absolute Gasteiger partial charge is 0.496 e. The number of carbonyl (C=O) groups is 1. The van der Waals surface area contributed by atoms with Gasteiger partial charge in [-0.1, -0.05) is 6.92 Å². The molecule has 7 nitrogen and oxygen atoms in total. The smallest absolute Gasteiger partial charge is 0.341 e. The van der Waals surface area contributed by atoms with Gasteiger partial charge in [-0.25, -0.2) is 17.9 Å². The molecule has 0 amide bonds. The average molecular weight is 367 g/mol. The number of methoxy groups -OCH3 is 2. The zero-order valence-corrected chi connectivity index (χ0v) is 15.1. The molecular formula is C14H23ClN2O5S. The first-order valence-corrected chi connectivity index (χ1v) is 8.41. The summed E-state index contributed by atoms with van der Waals surface area (Å²) in [5.74, 6) is -0.395. The zero-order valence-electron chi connectivity index (χ0n) is 13.4. The topological polar surface area (TPSA) is 93.7 Å². The van der Waals surface area contributed by atoms with E-state index in [2.05, 4.69) is 14.8 Å². The maximum absolute atomic E-state index is 12.2. The summed E-state index contributed by atoms with van der Waals surface area (Å²) in [4.78, 5) is 11.7.